The summed E-state index contributed by atoms with van der Waals surface area (Å²) in [4.78, 5) is 0. The number of aromatic amines is 1. The van der Waals surface area contributed by atoms with Crippen LogP contribution in [0.3, 0.4) is 0 Å². The first kappa shape index (κ1) is 20.7. The molecule has 1 atom stereocenters. The van der Waals surface area contributed by atoms with Crippen LogP contribution in [0.5, 0.6) is 0 Å². The second kappa shape index (κ2) is 7.46. The van der Waals surface area contributed by atoms with Gasteiger partial charge >= 0.3 is 0 Å². The van der Waals surface area contributed by atoms with Gasteiger partial charge in [0.25, 0.3) is 0 Å². The molecule has 162 valence electrons. The van der Waals surface area contributed by atoms with Crippen LogP contribution in [0.15, 0.2) is 79.3 Å². The topological polar surface area (TPSA) is 67.8 Å². The number of allylic oxidation sites excluding steroid dienone is 3. The molecule has 2 heterocycles. The van der Waals surface area contributed by atoms with E-state index in [1.807, 2.05) is 24.3 Å². The van der Waals surface area contributed by atoms with Crippen LogP contribution in [0, 0.1) is 5.82 Å². The van der Waals surface area contributed by atoms with E-state index in [4.69, 9.17) is 11.6 Å². The maximum Gasteiger partial charge on any atom is 0.248 e. The maximum atomic E-state index is 14.2. The van der Waals surface area contributed by atoms with Crippen molar-refractivity contribution in [3.63, 3.8) is 0 Å². The fourth-order valence-corrected chi connectivity index (χ4v) is 6.15. The highest BCUT2D eigenvalue weighted by Gasteiger charge is 2.42. The Bertz CT molecular complexity index is 1500. The van der Waals surface area contributed by atoms with Gasteiger partial charge in [0.2, 0.25) is 10.0 Å². The van der Waals surface area contributed by atoms with Crippen LogP contribution < -0.4 is 0 Å². The minimum Gasteiger partial charge on any atom is -0.285 e. The van der Waals surface area contributed by atoms with Crippen LogP contribution in [-0.2, 0) is 10.0 Å². The lowest BCUT2D eigenvalue weighted by molar-refractivity contribution is 0.556. The molecular weight excluding hydrogens is 449 g/mol. The van der Waals surface area contributed by atoms with Crippen LogP contribution in [0.1, 0.15) is 24.5 Å². The molecule has 1 aliphatic carbocycles. The number of hydrogen-bond donors (Lipinski definition) is 1. The Balaban J connectivity index is 1.71. The maximum absolute atomic E-state index is 14.2. The van der Waals surface area contributed by atoms with Gasteiger partial charge in [0.05, 0.1) is 16.7 Å². The van der Waals surface area contributed by atoms with Gasteiger partial charge < -0.3 is 0 Å². The van der Waals surface area contributed by atoms with Crippen LogP contribution in [0.2, 0.25) is 5.02 Å². The molecule has 1 aliphatic rings. The zero-order valence-corrected chi connectivity index (χ0v) is 18.7. The molecule has 32 heavy (non-hydrogen) atoms. The van der Waals surface area contributed by atoms with Gasteiger partial charge in [-0.2, -0.15) is 5.10 Å². The first-order valence-corrected chi connectivity index (χ1v) is 11.8. The third-order valence-electron chi connectivity index (χ3n) is 5.87. The molecule has 0 saturated carbocycles. The summed E-state index contributed by atoms with van der Waals surface area (Å²) in [5.41, 5.74) is 3.11. The smallest absolute Gasteiger partial charge is 0.248 e. The predicted octanol–water partition coefficient (Wildman–Crippen LogP) is 5.66. The Morgan fingerprint density at radius 2 is 1.97 bits per heavy atom. The number of nitrogens with one attached hydrogen (secondary N) is 1. The Hall–Kier alpha value is -3.16. The molecule has 4 aromatic rings. The van der Waals surface area contributed by atoms with E-state index in [0.717, 1.165) is 10.9 Å². The quantitative estimate of drug-likeness (QED) is 0.420. The lowest BCUT2D eigenvalue weighted by atomic mass is 9.85. The average molecular weight is 468 g/mol. The highest BCUT2D eigenvalue weighted by Crippen LogP contribution is 2.43. The van der Waals surface area contributed by atoms with Gasteiger partial charge in [0.1, 0.15) is 10.6 Å². The minimum atomic E-state index is -3.90. The molecule has 8 heteroatoms. The highest BCUT2D eigenvalue weighted by molar-refractivity contribution is 7.91. The molecule has 0 amide bonds. The van der Waals surface area contributed by atoms with Crippen molar-refractivity contribution < 1.29 is 12.8 Å². The fraction of sp³-hybridized carbons (Fsp3) is 0.125. The van der Waals surface area contributed by atoms with E-state index in [1.165, 1.54) is 10.0 Å². The molecule has 1 N–H and O–H groups in total. The summed E-state index contributed by atoms with van der Waals surface area (Å²) in [6, 6.07) is 13.7. The number of rotatable bonds is 4. The van der Waals surface area contributed by atoms with Crippen molar-refractivity contribution in [2.45, 2.75) is 18.1 Å². The van der Waals surface area contributed by atoms with Gasteiger partial charge in [-0.3, -0.25) is 5.10 Å². The van der Waals surface area contributed by atoms with Crippen molar-refractivity contribution in [2.24, 2.45) is 0 Å². The zero-order chi connectivity index (χ0) is 22.5. The molecule has 0 saturated heterocycles. The summed E-state index contributed by atoms with van der Waals surface area (Å²) >= 11 is 6.28. The molecule has 5 nitrogen and oxygen atoms in total. The summed E-state index contributed by atoms with van der Waals surface area (Å²) in [6.07, 6.45) is 8.60. The number of para-hydroxylation sites is 1. The number of benzene rings is 2. The van der Waals surface area contributed by atoms with E-state index in [0.29, 0.717) is 22.2 Å². The lowest BCUT2D eigenvalue weighted by Crippen LogP contribution is -2.39. The first-order chi connectivity index (χ1) is 15.3. The number of H-pyrrole nitrogens is 1. The van der Waals surface area contributed by atoms with E-state index in [2.05, 4.69) is 10.2 Å². The van der Waals surface area contributed by atoms with E-state index in [-0.39, 0.29) is 11.4 Å². The van der Waals surface area contributed by atoms with Gasteiger partial charge in [0, 0.05) is 23.3 Å². The van der Waals surface area contributed by atoms with Gasteiger partial charge in [-0.05, 0) is 48.3 Å². The Morgan fingerprint density at radius 1 is 1.16 bits per heavy atom. The van der Waals surface area contributed by atoms with Crippen molar-refractivity contribution in [1.29, 1.82) is 0 Å². The molecule has 5 rings (SSSR count). The van der Waals surface area contributed by atoms with Crippen molar-refractivity contribution in [3.8, 4) is 0 Å². The largest absolute Gasteiger partial charge is 0.285 e. The zero-order valence-electron chi connectivity index (χ0n) is 17.1. The SMILES string of the molecule is CC1(S(=O)(=O)n2ccc3ccccc32)C=C(c2cn[nH]c2)C=C(c2cccc(F)c2Cl)C1. The highest BCUT2D eigenvalue weighted by atomic mass is 35.5. The summed E-state index contributed by atoms with van der Waals surface area (Å²) in [5, 5.41) is 7.55. The molecule has 2 aromatic carbocycles. The average Bonchev–Trinajstić information content (AvgIpc) is 3.45. The molecule has 2 aromatic heterocycles. The van der Waals surface area contributed by atoms with Crippen molar-refractivity contribution in [1.82, 2.24) is 14.2 Å². The summed E-state index contributed by atoms with van der Waals surface area (Å²) in [6.45, 7) is 1.68. The number of aromatic nitrogens is 3. The van der Waals surface area contributed by atoms with E-state index < -0.39 is 20.6 Å². The van der Waals surface area contributed by atoms with Crippen LogP contribution in [0.4, 0.5) is 4.39 Å². The van der Waals surface area contributed by atoms with Crippen molar-refractivity contribution in [2.75, 3.05) is 0 Å². The molecule has 0 fully saturated rings. The lowest BCUT2D eigenvalue weighted by Gasteiger charge is -2.32. The van der Waals surface area contributed by atoms with Crippen LogP contribution >= 0.6 is 11.6 Å². The third kappa shape index (κ3) is 3.20. The van der Waals surface area contributed by atoms with Crippen molar-refractivity contribution >= 4 is 43.7 Å². The summed E-state index contributed by atoms with van der Waals surface area (Å²) in [7, 11) is -3.90. The fourth-order valence-electron chi connectivity index (χ4n) is 4.20. The Kier molecular flexibility index (Phi) is 4.83. The molecule has 0 aliphatic heterocycles. The molecule has 0 radical (unpaired) electrons. The number of halogens is 2. The predicted molar refractivity (Wildman–Crippen MR) is 125 cm³/mol. The number of hydrogen-bond acceptors (Lipinski definition) is 3. The summed E-state index contributed by atoms with van der Waals surface area (Å²) in [5.74, 6) is -0.551. The van der Waals surface area contributed by atoms with Gasteiger partial charge in [-0.1, -0.05) is 54.1 Å². The monoisotopic (exact) mass is 467 g/mol. The van der Waals surface area contributed by atoms with Gasteiger partial charge in [0.15, 0.2) is 0 Å². The third-order valence-corrected chi connectivity index (χ3v) is 8.53. The van der Waals surface area contributed by atoms with Gasteiger partial charge in [-0.15, -0.1) is 0 Å². The van der Waals surface area contributed by atoms with E-state index >= 15 is 0 Å². The first-order valence-electron chi connectivity index (χ1n) is 9.98. The molecule has 0 spiro atoms. The minimum absolute atomic E-state index is 0.0293. The molecular formula is C24H19ClFN3O2S. The number of fused-ring (bicyclic) bond motifs is 1. The van der Waals surface area contributed by atoms with Crippen LogP contribution in [0.25, 0.3) is 22.0 Å². The normalized spacial score (nSPS) is 19.1. The number of nitrogens with zero attached hydrogens (tertiary/aromatic N) is 2. The van der Waals surface area contributed by atoms with Crippen LogP contribution in [-0.4, -0.2) is 27.3 Å². The second-order valence-electron chi connectivity index (χ2n) is 8.02. The van der Waals surface area contributed by atoms with E-state index in [9.17, 15) is 12.8 Å². The molecule has 0 bridgehead atoms. The Labute approximate surface area is 189 Å². The molecule has 1 unspecified atom stereocenters. The van der Waals surface area contributed by atoms with Crippen molar-refractivity contribution in [3.05, 3.63) is 101 Å². The Morgan fingerprint density at radius 3 is 2.75 bits per heavy atom. The standard InChI is InChI=1S/C24H19ClFN3O2S/c1-24(32(30,31)29-10-9-16-5-2-3-8-22(16)29)12-17(19-14-27-28-15-19)11-18(13-24)20-6-4-7-21(26)23(20)25/h2-12,14-15H,13H2,1H3,(H,27,28). The van der Waals surface area contributed by atoms with E-state index in [1.54, 1.807) is 55.9 Å². The second-order valence-corrected chi connectivity index (χ2v) is 10.7. The summed E-state index contributed by atoms with van der Waals surface area (Å²) < 4.78 is 42.2. The van der Waals surface area contributed by atoms with Gasteiger partial charge in [-0.25, -0.2) is 16.8 Å².